The molecule has 0 saturated carbocycles. The van der Waals surface area contributed by atoms with Crippen molar-refractivity contribution in [2.45, 2.75) is 51.4 Å². The van der Waals surface area contributed by atoms with E-state index in [-0.39, 0.29) is 0 Å². The Morgan fingerprint density at radius 3 is 1.69 bits per heavy atom. The van der Waals surface area contributed by atoms with Crippen molar-refractivity contribution in [2.75, 3.05) is 0 Å². The van der Waals surface area contributed by atoms with E-state index in [1.54, 1.807) is 18.2 Å². The summed E-state index contributed by atoms with van der Waals surface area (Å²) >= 11 is 3.57. The van der Waals surface area contributed by atoms with Gasteiger partial charge >= 0.3 is 18.3 Å². The highest BCUT2D eigenvalue weighted by Crippen LogP contribution is 2.67. The molecule has 0 radical (unpaired) electrons. The predicted molar refractivity (Wildman–Crippen MR) is 87.6 cm³/mol. The fraction of sp³-hybridized carbons (Fsp3) is 0.588. The number of esters is 1. The van der Waals surface area contributed by atoms with Crippen LogP contribution in [-0.4, -0.2) is 23.1 Å². The predicted octanol–water partition coefficient (Wildman–Crippen LogP) is 5.58. The highest BCUT2D eigenvalue weighted by Gasteiger charge is 2.83. The second-order valence-electron chi connectivity index (χ2n) is 7.13. The molecule has 0 aromatic heterocycles. The van der Waals surface area contributed by atoms with Crippen LogP contribution in [0, 0.1) is 10.8 Å². The summed E-state index contributed by atoms with van der Waals surface area (Å²) in [6.45, 7) is 2.34. The lowest BCUT2D eigenvalue weighted by molar-refractivity contribution is -0.379. The number of rotatable bonds is 4. The minimum absolute atomic E-state index is 0.422. The maximum absolute atomic E-state index is 13.8. The molecule has 1 aromatic rings. The van der Waals surface area contributed by atoms with Gasteiger partial charge in [-0.05, 0) is 17.9 Å². The third-order valence-electron chi connectivity index (χ3n) is 4.32. The molecular formula is C17H20F6O2S. The normalized spacial score (nSPS) is 16.1. The van der Waals surface area contributed by atoms with Gasteiger partial charge in [0.05, 0.1) is 0 Å². The Kier molecular flexibility index (Phi) is 6.08. The lowest BCUT2D eigenvalue weighted by atomic mass is 9.58. The number of carbonyl (C=O) groups excluding carboxylic acids is 1. The number of hydrogen-bond donors (Lipinski definition) is 1. The summed E-state index contributed by atoms with van der Waals surface area (Å²) in [7, 11) is 0. The van der Waals surface area contributed by atoms with Crippen molar-refractivity contribution in [2.24, 2.45) is 10.8 Å². The van der Waals surface area contributed by atoms with E-state index in [2.05, 4.69) is 12.6 Å². The SMILES string of the molecule is CC(C)(C)C(C(F)(F)F)(C(F)(F)F)C(C)(S)C(=O)OCc1ccccc1. The first-order valence-corrected chi connectivity index (χ1v) is 8.02. The van der Waals surface area contributed by atoms with E-state index in [1.807, 2.05) is 0 Å². The second-order valence-corrected chi connectivity index (χ2v) is 8.02. The van der Waals surface area contributed by atoms with Crippen molar-refractivity contribution >= 4 is 18.6 Å². The van der Waals surface area contributed by atoms with Crippen LogP contribution in [0.4, 0.5) is 26.3 Å². The van der Waals surface area contributed by atoms with Crippen LogP contribution in [0.3, 0.4) is 0 Å². The maximum Gasteiger partial charge on any atom is 0.405 e. The van der Waals surface area contributed by atoms with E-state index >= 15 is 0 Å². The highest BCUT2D eigenvalue weighted by molar-refractivity contribution is 7.82. The van der Waals surface area contributed by atoms with Gasteiger partial charge in [-0.1, -0.05) is 51.1 Å². The van der Waals surface area contributed by atoms with Crippen LogP contribution in [0.1, 0.15) is 33.3 Å². The van der Waals surface area contributed by atoms with Gasteiger partial charge in [-0.2, -0.15) is 39.0 Å². The fourth-order valence-corrected chi connectivity index (χ4v) is 3.96. The Bertz CT molecular complexity index is 593. The Labute approximate surface area is 153 Å². The van der Waals surface area contributed by atoms with Gasteiger partial charge in [0, 0.05) is 0 Å². The van der Waals surface area contributed by atoms with Gasteiger partial charge in [0.25, 0.3) is 0 Å². The van der Waals surface area contributed by atoms with Crippen LogP contribution in [0.25, 0.3) is 0 Å². The van der Waals surface area contributed by atoms with Crippen molar-refractivity contribution in [3.63, 3.8) is 0 Å². The Hall–Kier alpha value is -1.38. The van der Waals surface area contributed by atoms with E-state index in [9.17, 15) is 31.1 Å². The molecule has 1 rings (SSSR count). The third-order valence-corrected chi connectivity index (χ3v) is 4.83. The fourth-order valence-electron chi connectivity index (χ4n) is 3.31. The van der Waals surface area contributed by atoms with Crippen LogP contribution in [-0.2, 0) is 16.1 Å². The summed E-state index contributed by atoms with van der Waals surface area (Å²) in [5.41, 5.74) is -6.44. The van der Waals surface area contributed by atoms with Crippen LogP contribution in [0.5, 0.6) is 0 Å². The van der Waals surface area contributed by atoms with E-state index < -0.39 is 40.5 Å². The average molecular weight is 402 g/mol. The van der Waals surface area contributed by atoms with Gasteiger partial charge in [0.2, 0.25) is 0 Å². The molecule has 0 aliphatic rings. The summed E-state index contributed by atoms with van der Waals surface area (Å²) in [5.74, 6) is -1.70. The van der Waals surface area contributed by atoms with Crippen LogP contribution >= 0.6 is 12.6 Å². The first kappa shape index (κ1) is 22.7. The zero-order valence-electron chi connectivity index (χ0n) is 14.6. The maximum atomic E-state index is 13.8. The quantitative estimate of drug-likeness (QED) is 0.405. The smallest absolute Gasteiger partial charge is 0.405 e. The summed E-state index contributed by atoms with van der Waals surface area (Å²) in [6.07, 6.45) is -11.6. The number of hydrogen-bond acceptors (Lipinski definition) is 3. The zero-order chi connectivity index (χ0) is 20.6. The van der Waals surface area contributed by atoms with Gasteiger partial charge in [0.15, 0.2) is 5.41 Å². The van der Waals surface area contributed by atoms with Crippen molar-refractivity contribution < 1.29 is 35.9 Å². The van der Waals surface area contributed by atoms with Crippen molar-refractivity contribution in [1.29, 1.82) is 0 Å². The van der Waals surface area contributed by atoms with Crippen LogP contribution in [0.15, 0.2) is 30.3 Å². The first-order valence-electron chi connectivity index (χ1n) is 7.57. The van der Waals surface area contributed by atoms with E-state index in [0.29, 0.717) is 12.5 Å². The molecule has 0 spiro atoms. The van der Waals surface area contributed by atoms with Crippen molar-refractivity contribution in [3.05, 3.63) is 35.9 Å². The molecule has 1 unspecified atom stereocenters. The van der Waals surface area contributed by atoms with Crippen molar-refractivity contribution in [1.82, 2.24) is 0 Å². The van der Waals surface area contributed by atoms with E-state index in [0.717, 1.165) is 20.8 Å². The molecule has 1 atom stereocenters. The number of halogens is 6. The molecule has 0 fully saturated rings. The molecule has 1 aromatic carbocycles. The molecule has 0 aliphatic carbocycles. The van der Waals surface area contributed by atoms with Gasteiger partial charge in [-0.25, -0.2) is 0 Å². The second kappa shape index (κ2) is 6.98. The molecular weight excluding hydrogens is 382 g/mol. The van der Waals surface area contributed by atoms with E-state index in [1.165, 1.54) is 12.1 Å². The number of ether oxygens (including phenoxy) is 1. The van der Waals surface area contributed by atoms with Crippen molar-refractivity contribution in [3.8, 4) is 0 Å². The average Bonchev–Trinajstić information content (AvgIpc) is 2.40. The molecule has 148 valence electrons. The molecule has 0 bridgehead atoms. The summed E-state index contributed by atoms with van der Waals surface area (Å²) in [5, 5.41) is 0. The lowest BCUT2D eigenvalue weighted by Crippen LogP contribution is -2.70. The Morgan fingerprint density at radius 2 is 1.35 bits per heavy atom. The minimum Gasteiger partial charge on any atom is -0.460 e. The minimum atomic E-state index is -5.80. The zero-order valence-corrected chi connectivity index (χ0v) is 15.5. The molecule has 0 amide bonds. The molecule has 0 saturated heterocycles. The third kappa shape index (κ3) is 3.68. The summed E-state index contributed by atoms with van der Waals surface area (Å²) in [6, 6.07) is 7.88. The first-order chi connectivity index (χ1) is 11.5. The number of alkyl halides is 6. The van der Waals surface area contributed by atoms with Crippen LogP contribution in [0.2, 0.25) is 0 Å². The molecule has 9 heteroatoms. The molecule has 2 nitrogen and oxygen atoms in total. The van der Waals surface area contributed by atoms with Gasteiger partial charge in [0.1, 0.15) is 11.4 Å². The molecule has 0 aliphatic heterocycles. The largest absolute Gasteiger partial charge is 0.460 e. The molecule has 0 N–H and O–H groups in total. The van der Waals surface area contributed by atoms with Gasteiger partial charge in [-0.15, -0.1) is 0 Å². The topological polar surface area (TPSA) is 26.3 Å². The highest BCUT2D eigenvalue weighted by atomic mass is 32.1. The number of thiol groups is 1. The van der Waals surface area contributed by atoms with Crippen LogP contribution < -0.4 is 0 Å². The Morgan fingerprint density at radius 1 is 0.923 bits per heavy atom. The van der Waals surface area contributed by atoms with Gasteiger partial charge < -0.3 is 4.74 Å². The number of benzene rings is 1. The monoisotopic (exact) mass is 402 g/mol. The lowest BCUT2D eigenvalue weighted by Gasteiger charge is -2.53. The standard InChI is InChI=1S/C17H20F6O2S/c1-13(2,3)15(16(18,19)20,17(21,22)23)14(4,26)12(24)25-10-11-8-6-5-7-9-11/h5-9,26H,10H2,1-4H3. The number of carbonyl (C=O) groups is 1. The Balaban J connectivity index is 3.41. The summed E-state index contributed by atoms with van der Waals surface area (Å²) < 4.78 is 84.4. The molecule has 0 heterocycles. The molecule has 26 heavy (non-hydrogen) atoms. The van der Waals surface area contributed by atoms with Gasteiger partial charge in [-0.3, -0.25) is 4.79 Å². The summed E-state index contributed by atoms with van der Waals surface area (Å²) in [4.78, 5) is 12.3. The van der Waals surface area contributed by atoms with E-state index in [4.69, 9.17) is 4.74 Å².